The van der Waals surface area contributed by atoms with Crippen molar-refractivity contribution in [1.29, 1.82) is 0 Å². The standard InChI is InChI=1S/C18H28N2O3S/c1-11(2)9-18(16(22)23-17(4,5)6)10-13(12(3)21)14(20-18)15-19-7-8-24-15/h7-8,11,13-14,20H,9-10H2,1-6H3/t13?,14-,18+/m1/s1. The van der Waals surface area contributed by atoms with Crippen LogP contribution in [0.3, 0.4) is 0 Å². The topological polar surface area (TPSA) is 68.3 Å². The summed E-state index contributed by atoms with van der Waals surface area (Å²) in [6.45, 7) is 11.3. The molecule has 0 bridgehead atoms. The highest BCUT2D eigenvalue weighted by atomic mass is 32.1. The Labute approximate surface area is 148 Å². The molecule has 2 heterocycles. The lowest BCUT2D eigenvalue weighted by atomic mass is 9.83. The summed E-state index contributed by atoms with van der Waals surface area (Å²) in [5.41, 5.74) is -1.40. The summed E-state index contributed by atoms with van der Waals surface area (Å²) in [5.74, 6) is -0.152. The number of esters is 1. The maximum Gasteiger partial charge on any atom is 0.326 e. The molecule has 1 aliphatic rings. The number of ether oxygens (including phenoxy) is 1. The predicted octanol–water partition coefficient (Wildman–Crippen LogP) is 3.51. The molecule has 1 aromatic heterocycles. The van der Waals surface area contributed by atoms with E-state index in [4.69, 9.17) is 4.74 Å². The van der Waals surface area contributed by atoms with Gasteiger partial charge in [0, 0.05) is 17.5 Å². The zero-order chi connectivity index (χ0) is 18.1. The molecular weight excluding hydrogens is 324 g/mol. The minimum atomic E-state index is -0.839. The number of thiazole rings is 1. The molecule has 1 saturated heterocycles. The highest BCUT2D eigenvalue weighted by molar-refractivity contribution is 7.09. The Morgan fingerprint density at radius 2 is 2.12 bits per heavy atom. The van der Waals surface area contributed by atoms with Crippen molar-refractivity contribution in [2.75, 3.05) is 0 Å². The van der Waals surface area contributed by atoms with Crippen LogP contribution in [0.2, 0.25) is 0 Å². The van der Waals surface area contributed by atoms with E-state index in [1.807, 2.05) is 26.2 Å². The number of Topliss-reactive ketones (excluding diaryl/α,β-unsaturated/α-hetero) is 1. The largest absolute Gasteiger partial charge is 0.459 e. The fraction of sp³-hybridized carbons (Fsp3) is 0.722. The van der Waals surface area contributed by atoms with E-state index in [-0.39, 0.29) is 23.7 Å². The molecule has 3 atom stereocenters. The van der Waals surface area contributed by atoms with Crippen molar-refractivity contribution in [1.82, 2.24) is 10.3 Å². The fourth-order valence-electron chi connectivity index (χ4n) is 3.39. The number of hydrogen-bond donors (Lipinski definition) is 1. The highest BCUT2D eigenvalue weighted by Crippen LogP contribution is 2.43. The van der Waals surface area contributed by atoms with E-state index >= 15 is 0 Å². The van der Waals surface area contributed by atoms with Crippen molar-refractivity contribution < 1.29 is 14.3 Å². The number of aromatic nitrogens is 1. The molecule has 0 spiro atoms. The molecule has 1 fully saturated rings. The van der Waals surface area contributed by atoms with E-state index in [0.29, 0.717) is 18.8 Å². The third-order valence-electron chi connectivity index (χ3n) is 4.19. The average molecular weight is 352 g/mol. The van der Waals surface area contributed by atoms with Crippen LogP contribution < -0.4 is 5.32 Å². The van der Waals surface area contributed by atoms with E-state index in [9.17, 15) is 9.59 Å². The van der Waals surface area contributed by atoms with Crippen LogP contribution in [0.5, 0.6) is 0 Å². The number of nitrogens with one attached hydrogen (secondary N) is 1. The third kappa shape index (κ3) is 4.22. The number of nitrogens with zero attached hydrogens (tertiary/aromatic N) is 1. The van der Waals surface area contributed by atoms with Gasteiger partial charge in [0.15, 0.2) is 0 Å². The van der Waals surface area contributed by atoms with Crippen molar-refractivity contribution in [3.05, 3.63) is 16.6 Å². The highest BCUT2D eigenvalue weighted by Gasteiger charge is 2.54. The fourth-order valence-corrected chi connectivity index (χ4v) is 4.14. The first kappa shape index (κ1) is 19.1. The number of rotatable bonds is 5. The number of carbonyl (C=O) groups is 2. The molecule has 1 unspecified atom stereocenters. The molecule has 0 radical (unpaired) electrons. The molecule has 0 amide bonds. The lowest BCUT2D eigenvalue weighted by molar-refractivity contribution is -0.163. The van der Waals surface area contributed by atoms with Crippen LogP contribution in [0.1, 0.15) is 65.4 Å². The molecule has 1 N–H and O–H groups in total. The van der Waals surface area contributed by atoms with Crippen LogP contribution in [0.15, 0.2) is 11.6 Å². The van der Waals surface area contributed by atoms with Crippen LogP contribution in [0.25, 0.3) is 0 Å². The predicted molar refractivity (Wildman–Crippen MR) is 94.8 cm³/mol. The Hall–Kier alpha value is -1.27. The van der Waals surface area contributed by atoms with Crippen LogP contribution in [-0.2, 0) is 14.3 Å². The van der Waals surface area contributed by atoms with Crippen LogP contribution in [0, 0.1) is 11.8 Å². The summed E-state index contributed by atoms with van der Waals surface area (Å²) in [4.78, 5) is 29.6. The van der Waals surface area contributed by atoms with Gasteiger partial charge < -0.3 is 4.74 Å². The second kappa shape index (κ2) is 6.92. The van der Waals surface area contributed by atoms with Crippen molar-refractivity contribution in [2.45, 2.75) is 71.6 Å². The second-order valence-corrected chi connectivity index (χ2v) is 9.02. The van der Waals surface area contributed by atoms with Crippen molar-refractivity contribution in [3.8, 4) is 0 Å². The van der Waals surface area contributed by atoms with Gasteiger partial charge >= 0.3 is 5.97 Å². The Morgan fingerprint density at radius 3 is 2.58 bits per heavy atom. The zero-order valence-corrected chi connectivity index (χ0v) is 16.2. The van der Waals surface area contributed by atoms with E-state index in [1.165, 1.54) is 11.3 Å². The van der Waals surface area contributed by atoms with Gasteiger partial charge in [0.05, 0.1) is 6.04 Å². The lowest BCUT2D eigenvalue weighted by Crippen LogP contribution is -2.52. The Kier molecular flexibility index (Phi) is 5.50. The van der Waals surface area contributed by atoms with E-state index < -0.39 is 11.1 Å². The second-order valence-electron chi connectivity index (χ2n) is 8.10. The maximum atomic E-state index is 13.0. The van der Waals surface area contributed by atoms with E-state index in [1.54, 1.807) is 13.1 Å². The molecular formula is C18H28N2O3S. The Bertz CT molecular complexity index is 592. The van der Waals surface area contributed by atoms with Crippen molar-refractivity contribution >= 4 is 23.1 Å². The molecule has 24 heavy (non-hydrogen) atoms. The minimum absolute atomic E-state index is 0.0805. The van der Waals surface area contributed by atoms with Gasteiger partial charge in [0.1, 0.15) is 21.9 Å². The summed E-state index contributed by atoms with van der Waals surface area (Å²) in [6.07, 6.45) is 2.82. The average Bonchev–Trinajstić information content (AvgIpc) is 3.02. The van der Waals surface area contributed by atoms with Crippen LogP contribution in [0.4, 0.5) is 0 Å². The molecule has 1 aliphatic heterocycles. The van der Waals surface area contributed by atoms with Gasteiger partial charge in [-0.3, -0.25) is 14.9 Å². The Balaban J connectivity index is 2.37. The molecule has 134 valence electrons. The van der Waals surface area contributed by atoms with Crippen LogP contribution in [-0.4, -0.2) is 27.9 Å². The first-order chi connectivity index (χ1) is 11.0. The monoisotopic (exact) mass is 352 g/mol. The summed E-state index contributed by atoms with van der Waals surface area (Å²) in [5, 5.41) is 6.19. The van der Waals surface area contributed by atoms with Gasteiger partial charge in [0.2, 0.25) is 0 Å². The number of ketones is 1. The van der Waals surface area contributed by atoms with Crippen molar-refractivity contribution in [3.63, 3.8) is 0 Å². The maximum absolute atomic E-state index is 13.0. The van der Waals surface area contributed by atoms with Gasteiger partial charge in [-0.2, -0.15) is 0 Å². The molecule has 0 aromatic carbocycles. The van der Waals surface area contributed by atoms with Gasteiger partial charge in [-0.1, -0.05) is 13.8 Å². The molecule has 2 rings (SSSR count). The van der Waals surface area contributed by atoms with Crippen molar-refractivity contribution in [2.24, 2.45) is 11.8 Å². The zero-order valence-electron chi connectivity index (χ0n) is 15.4. The first-order valence-electron chi connectivity index (χ1n) is 8.45. The third-order valence-corrected chi connectivity index (χ3v) is 5.05. The van der Waals surface area contributed by atoms with Gasteiger partial charge in [-0.15, -0.1) is 11.3 Å². The minimum Gasteiger partial charge on any atom is -0.459 e. The molecule has 1 aromatic rings. The van der Waals surface area contributed by atoms with E-state index in [2.05, 4.69) is 24.1 Å². The lowest BCUT2D eigenvalue weighted by Gasteiger charge is -2.33. The summed E-state index contributed by atoms with van der Waals surface area (Å²) >= 11 is 1.51. The quantitative estimate of drug-likeness (QED) is 0.821. The first-order valence-corrected chi connectivity index (χ1v) is 9.33. The number of hydrogen-bond acceptors (Lipinski definition) is 6. The van der Waals surface area contributed by atoms with Gasteiger partial charge in [0.25, 0.3) is 0 Å². The molecule has 0 aliphatic carbocycles. The smallest absolute Gasteiger partial charge is 0.326 e. The summed E-state index contributed by atoms with van der Waals surface area (Å²) in [7, 11) is 0. The Morgan fingerprint density at radius 1 is 1.46 bits per heavy atom. The summed E-state index contributed by atoms with van der Waals surface area (Å²) in [6, 6.07) is -0.228. The van der Waals surface area contributed by atoms with Crippen LogP contribution >= 0.6 is 11.3 Å². The van der Waals surface area contributed by atoms with E-state index in [0.717, 1.165) is 5.01 Å². The molecule has 6 heteroatoms. The number of carbonyl (C=O) groups excluding carboxylic acids is 2. The SMILES string of the molecule is CC(=O)C1C[C@@](CC(C)C)(C(=O)OC(C)(C)C)N[C@H]1c1nccs1. The summed E-state index contributed by atoms with van der Waals surface area (Å²) < 4.78 is 5.69. The van der Waals surface area contributed by atoms with Gasteiger partial charge in [-0.05, 0) is 46.5 Å². The normalized spacial score (nSPS) is 27.5. The molecule has 0 saturated carbocycles. The molecule has 5 nitrogen and oxygen atoms in total. The van der Waals surface area contributed by atoms with Gasteiger partial charge in [-0.25, -0.2) is 4.98 Å².